The Morgan fingerprint density at radius 2 is 1.74 bits per heavy atom. The summed E-state index contributed by atoms with van der Waals surface area (Å²) >= 11 is 0. The van der Waals surface area contributed by atoms with E-state index in [1.165, 1.54) is 51.4 Å². The van der Waals surface area contributed by atoms with Gasteiger partial charge in [0.2, 0.25) is 11.8 Å². The van der Waals surface area contributed by atoms with E-state index >= 15 is 0 Å². The van der Waals surface area contributed by atoms with Crippen LogP contribution in [-0.2, 0) is 23.8 Å². The number of fused-ring (bicyclic) bond motifs is 4. The predicted octanol–water partition coefficient (Wildman–Crippen LogP) is 5.70. The second-order valence-electron chi connectivity index (χ2n) is 18.8. The van der Waals surface area contributed by atoms with Crippen molar-refractivity contribution in [3.05, 3.63) is 0 Å². The zero-order valence-corrected chi connectivity index (χ0v) is 30.0. The van der Waals surface area contributed by atoms with Gasteiger partial charge in [0.25, 0.3) is 0 Å². The van der Waals surface area contributed by atoms with E-state index in [0.29, 0.717) is 73.1 Å². The molecule has 6 aliphatic carbocycles. The smallest absolute Gasteiger partial charge is 0.223 e. The molecule has 2 N–H and O–H groups in total. The van der Waals surface area contributed by atoms with Crippen molar-refractivity contribution in [3.63, 3.8) is 0 Å². The maximum absolute atomic E-state index is 12.9. The Labute approximate surface area is 282 Å². The zero-order chi connectivity index (χ0) is 33.1. The van der Waals surface area contributed by atoms with Crippen LogP contribution in [0, 0.1) is 56.7 Å². The van der Waals surface area contributed by atoms with Crippen LogP contribution in [0.4, 0.5) is 0 Å². The molecule has 8 nitrogen and oxygen atoms in total. The van der Waals surface area contributed by atoms with Crippen molar-refractivity contribution in [2.75, 3.05) is 26.2 Å². The summed E-state index contributed by atoms with van der Waals surface area (Å²) in [6.07, 6.45) is 12.6. The van der Waals surface area contributed by atoms with E-state index in [9.17, 15) is 14.7 Å². The molecule has 2 aliphatic heterocycles. The highest BCUT2D eigenvalue weighted by molar-refractivity contribution is 5.76. The van der Waals surface area contributed by atoms with Crippen LogP contribution in [0.2, 0.25) is 0 Å². The summed E-state index contributed by atoms with van der Waals surface area (Å²) in [7, 11) is 0. The zero-order valence-electron chi connectivity index (χ0n) is 30.0. The molecule has 6 saturated carbocycles. The van der Waals surface area contributed by atoms with Gasteiger partial charge in [-0.05, 0) is 122 Å². The number of aliphatic hydroxyl groups excluding tert-OH is 1. The highest BCUT2D eigenvalue weighted by atomic mass is 16.7. The topological polar surface area (TPSA) is 97.3 Å². The van der Waals surface area contributed by atoms with Gasteiger partial charge in [0.1, 0.15) is 0 Å². The van der Waals surface area contributed by atoms with E-state index in [-0.39, 0.29) is 52.7 Å². The number of carbonyl (C=O) groups is 2. The molecule has 13 atom stereocenters. The summed E-state index contributed by atoms with van der Waals surface area (Å²) < 4.78 is 19.8. The van der Waals surface area contributed by atoms with E-state index in [1.54, 1.807) is 6.92 Å². The average Bonchev–Trinajstić information content (AvgIpc) is 3.94. The minimum absolute atomic E-state index is 0.00584. The molecule has 0 aromatic carbocycles. The molecular formula is C39H62N2O6. The molecule has 264 valence electrons. The Kier molecular flexibility index (Phi) is 7.81. The fourth-order valence-corrected chi connectivity index (χ4v) is 14.0. The second-order valence-corrected chi connectivity index (χ2v) is 18.8. The van der Waals surface area contributed by atoms with Gasteiger partial charge in [-0.15, -0.1) is 0 Å². The number of nitrogens with one attached hydrogen (secondary N) is 1. The minimum Gasteiger partial charge on any atom is -0.390 e. The Balaban J connectivity index is 0.983. The number of hydrogen-bond donors (Lipinski definition) is 2. The largest absolute Gasteiger partial charge is 0.390 e. The quantitative estimate of drug-likeness (QED) is 0.366. The molecule has 0 aromatic heterocycles. The fraction of sp³-hybridized carbons (Fsp3) is 0.949. The van der Waals surface area contributed by atoms with Crippen molar-refractivity contribution in [1.82, 2.24) is 10.2 Å². The first-order valence-corrected chi connectivity index (χ1v) is 19.4. The number of carbonyl (C=O) groups excluding carboxylic acids is 2. The van der Waals surface area contributed by atoms with Crippen molar-refractivity contribution in [1.29, 1.82) is 0 Å². The summed E-state index contributed by atoms with van der Waals surface area (Å²) in [5.74, 6) is 2.86. The third-order valence-corrected chi connectivity index (χ3v) is 16.5. The van der Waals surface area contributed by atoms with Gasteiger partial charge in [-0.1, -0.05) is 34.6 Å². The first-order chi connectivity index (χ1) is 22.3. The average molecular weight is 655 g/mol. The summed E-state index contributed by atoms with van der Waals surface area (Å²) in [5, 5.41) is 15.4. The van der Waals surface area contributed by atoms with Crippen LogP contribution in [0.1, 0.15) is 119 Å². The van der Waals surface area contributed by atoms with Crippen LogP contribution in [0.3, 0.4) is 0 Å². The lowest BCUT2D eigenvalue weighted by Crippen LogP contribution is -2.60. The minimum atomic E-state index is -0.457. The van der Waals surface area contributed by atoms with E-state index < -0.39 is 6.10 Å². The number of rotatable bonds is 7. The number of amides is 2. The molecule has 0 bridgehead atoms. The highest BCUT2D eigenvalue weighted by Gasteiger charge is 2.84. The molecule has 0 radical (unpaired) electrons. The van der Waals surface area contributed by atoms with Crippen LogP contribution in [0.25, 0.3) is 0 Å². The van der Waals surface area contributed by atoms with Crippen LogP contribution in [0.5, 0.6) is 0 Å². The molecule has 8 fully saturated rings. The number of morpholine rings is 1. The normalized spacial score (nSPS) is 51.1. The van der Waals surface area contributed by atoms with Crippen LogP contribution >= 0.6 is 0 Å². The third-order valence-electron chi connectivity index (χ3n) is 16.5. The van der Waals surface area contributed by atoms with Crippen LogP contribution < -0.4 is 5.32 Å². The summed E-state index contributed by atoms with van der Waals surface area (Å²) in [5.41, 5.74) is 0.563. The monoisotopic (exact) mass is 654 g/mol. The van der Waals surface area contributed by atoms with E-state index in [0.717, 1.165) is 19.3 Å². The predicted molar refractivity (Wildman–Crippen MR) is 178 cm³/mol. The Morgan fingerprint density at radius 1 is 1.00 bits per heavy atom. The van der Waals surface area contributed by atoms with Gasteiger partial charge in [0.15, 0.2) is 6.29 Å². The number of nitrogens with zero attached hydrogens (tertiary/aromatic N) is 1. The summed E-state index contributed by atoms with van der Waals surface area (Å²) in [6, 6.07) is 0. The fourth-order valence-electron chi connectivity index (χ4n) is 14.0. The maximum atomic E-state index is 12.9. The third kappa shape index (κ3) is 4.72. The lowest BCUT2D eigenvalue weighted by Gasteiger charge is -2.64. The number of aliphatic hydroxyl groups is 1. The van der Waals surface area contributed by atoms with Gasteiger partial charge in [-0.2, -0.15) is 0 Å². The van der Waals surface area contributed by atoms with Gasteiger partial charge in [-0.25, -0.2) is 0 Å². The molecule has 0 aromatic rings. The second kappa shape index (κ2) is 11.1. The van der Waals surface area contributed by atoms with Gasteiger partial charge >= 0.3 is 0 Å². The van der Waals surface area contributed by atoms with E-state index in [1.807, 2.05) is 4.90 Å². The molecular weight excluding hydrogens is 592 g/mol. The highest BCUT2D eigenvalue weighted by Crippen LogP contribution is 2.89. The number of ether oxygens (including phenoxy) is 3. The van der Waals surface area contributed by atoms with Gasteiger partial charge in [-0.3, -0.25) is 9.59 Å². The Hall–Kier alpha value is -1.22. The molecule has 2 spiro atoms. The van der Waals surface area contributed by atoms with Crippen molar-refractivity contribution in [3.8, 4) is 0 Å². The van der Waals surface area contributed by atoms with Crippen molar-refractivity contribution in [2.45, 2.75) is 149 Å². The molecule has 2 amide bonds. The molecule has 13 unspecified atom stereocenters. The first-order valence-electron chi connectivity index (χ1n) is 19.4. The Bertz CT molecular complexity index is 1270. The molecule has 2 heterocycles. The van der Waals surface area contributed by atoms with Crippen molar-refractivity contribution < 1.29 is 28.9 Å². The maximum Gasteiger partial charge on any atom is 0.223 e. The van der Waals surface area contributed by atoms with Crippen LogP contribution in [-0.4, -0.2) is 78.8 Å². The number of hydrogen-bond acceptors (Lipinski definition) is 6. The van der Waals surface area contributed by atoms with Gasteiger partial charge < -0.3 is 29.5 Å². The lowest BCUT2D eigenvalue weighted by atomic mass is 9.41. The Morgan fingerprint density at radius 3 is 2.49 bits per heavy atom. The van der Waals surface area contributed by atoms with Gasteiger partial charge in [0, 0.05) is 31.8 Å². The summed E-state index contributed by atoms with van der Waals surface area (Å²) in [6.45, 7) is 16.3. The molecule has 8 aliphatic rings. The van der Waals surface area contributed by atoms with E-state index in [4.69, 9.17) is 14.2 Å². The first kappa shape index (κ1) is 33.0. The SMILES string of the molecule is CC(=O)NCCC1CC(C)C2C(O1)C(O)C1(C)C3CCC4C(C)(C)C(OC5CN(C(=O)CC6CC6)CCO5)CCC45CC35CCC21C. The van der Waals surface area contributed by atoms with Crippen molar-refractivity contribution in [2.24, 2.45) is 56.7 Å². The molecule has 8 rings (SSSR count). The lowest BCUT2D eigenvalue weighted by molar-refractivity contribution is -0.248. The molecule has 8 heteroatoms. The van der Waals surface area contributed by atoms with Crippen molar-refractivity contribution >= 4 is 11.8 Å². The molecule has 2 saturated heterocycles. The van der Waals surface area contributed by atoms with E-state index in [2.05, 4.69) is 39.9 Å². The molecule has 47 heavy (non-hydrogen) atoms. The summed E-state index contributed by atoms with van der Waals surface area (Å²) in [4.78, 5) is 26.4. The van der Waals surface area contributed by atoms with Crippen LogP contribution in [0.15, 0.2) is 0 Å². The standard InChI is InChI=1S/C39H62N2O6/c1-23-19-26(12-16-40-24(2)42)46-33-32(23)36(5)14-15-39-22-38(39)13-11-29(35(3,4)27(38)9-10-28(39)37(36,6)34(33)44)47-31-21-41(17-18-45-31)30(43)20-25-7-8-25/h23,25-29,31-34,44H,7-22H2,1-6H3,(H,40,42). The van der Waals surface area contributed by atoms with Gasteiger partial charge in [0.05, 0.1) is 37.6 Å².